The Balaban J connectivity index is 2.11. The lowest BCUT2D eigenvalue weighted by Gasteiger charge is -2.11. The normalized spacial score (nSPS) is 9.92. The van der Waals surface area contributed by atoms with Gasteiger partial charge in [-0.3, -0.25) is 9.59 Å². The molecule has 0 atom stereocenters. The van der Waals surface area contributed by atoms with Gasteiger partial charge in [-0.15, -0.1) is 0 Å². The summed E-state index contributed by atoms with van der Waals surface area (Å²) in [5.74, 6) is -0.871. The molecule has 3 N–H and O–H groups in total. The zero-order valence-electron chi connectivity index (χ0n) is 14.3. The number of methoxy groups -OCH3 is 2. The molecule has 0 spiro atoms. The van der Waals surface area contributed by atoms with Crippen molar-refractivity contribution in [2.45, 2.75) is 0 Å². The van der Waals surface area contributed by atoms with Crippen LogP contribution in [0.4, 0.5) is 5.69 Å². The molecule has 0 bridgehead atoms. The summed E-state index contributed by atoms with van der Waals surface area (Å²) in [4.78, 5) is 34.6. The zero-order valence-corrected chi connectivity index (χ0v) is 14.3. The van der Waals surface area contributed by atoms with Crippen molar-refractivity contribution >= 4 is 23.5 Å². The van der Waals surface area contributed by atoms with Gasteiger partial charge in [0, 0.05) is 11.3 Å². The molecule has 0 aliphatic rings. The van der Waals surface area contributed by atoms with Gasteiger partial charge >= 0.3 is 5.97 Å². The van der Waals surface area contributed by atoms with Gasteiger partial charge < -0.3 is 25.3 Å². The molecule has 2 aromatic rings. The minimum Gasteiger partial charge on any atom is -0.493 e. The maximum absolute atomic E-state index is 12.4. The second-order valence-electron chi connectivity index (χ2n) is 5.14. The molecule has 0 unspecified atom stereocenters. The van der Waals surface area contributed by atoms with Gasteiger partial charge in [-0.2, -0.15) is 0 Å². The van der Waals surface area contributed by atoms with E-state index in [1.165, 1.54) is 32.4 Å². The summed E-state index contributed by atoms with van der Waals surface area (Å²) in [5, 5.41) is 2.70. The summed E-state index contributed by atoms with van der Waals surface area (Å²) in [6.45, 7) is -0.297. The second kappa shape index (κ2) is 8.52. The molecular weight excluding hydrogens is 340 g/mol. The predicted molar refractivity (Wildman–Crippen MR) is 93.4 cm³/mol. The summed E-state index contributed by atoms with van der Waals surface area (Å²) < 4.78 is 15.0. The van der Waals surface area contributed by atoms with Crippen LogP contribution < -0.4 is 20.5 Å². The largest absolute Gasteiger partial charge is 0.493 e. The summed E-state index contributed by atoms with van der Waals surface area (Å²) in [7, 11) is 2.71. The molecule has 0 aliphatic carbocycles. The molecule has 2 amide bonds. The summed E-state index contributed by atoms with van der Waals surface area (Å²) in [6.07, 6.45) is 0. The van der Waals surface area contributed by atoms with E-state index in [9.17, 15) is 14.4 Å². The first kappa shape index (κ1) is 18.8. The Morgan fingerprint density at radius 2 is 1.62 bits per heavy atom. The number of primary amides is 1. The molecule has 2 rings (SSSR count). The Labute approximate surface area is 149 Å². The SMILES string of the molecule is COC(=O)c1ccc(NC(=O)c2ccc(OCC(N)=O)c(OC)c2)cc1. The molecule has 0 heterocycles. The van der Waals surface area contributed by atoms with Crippen molar-refractivity contribution in [2.75, 3.05) is 26.1 Å². The van der Waals surface area contributed by atoms with Crippen LogP contribution in [0, 0.1) is 0 Å². The lowest BCUT2D eigenvalue weighted by atomic mass is 10.1. The molecule has 8 heteroatoms. The highest BCUT2D eigenvalue weighted by molar-refractivity contribution is 6.04. The number of amides is 2. The van der Waals surface area contributed by atoms with Crippen molar-refractivity contribution < 1.29 is 28.6 Å². The van der Waals surface area contributed by atoms with Crippen LogP contribution in [0.3, 0.4) is 0 Å². The number of anilines is 1. The van der Waals surface area contributed by atoms with Crippen LogP contribution in [-0.4, -0.2) is 38.6 Å². The van der Waals surface area contributed by atoms with E-state index in [0.29, 0.717) is 28.3 Å². The van der Waals surface area contributed by atoms with Crippen LogP contribution in [0.1, 0.15) is 20.7 Å². The molecule has 0 saturated carbocycles. The number of ether oxygens (including phenoxy) is 3. The summed E-state index contributed by atoms with van der Waals surface area (Å²) in [6, 6.07) is 10.8. The van der Waals surface area contributed by atoms with E-state index in [2.05, 4.69) is 10.1 Å². The maximum Gasteiger partial charge on any atom is 0.337 e. The number of rotatable bonds is 7. The Morgan fingerprint density at radius 1 is 0.962 bits per heavy atom. The van der Waals surface area contributed by atoms with Gasteiger partial charge in [0.1, 0.15) is 0 Å². The quantitative estimate of drug-likeness (QED) is 0.726. The second-order valence-corrected chi connectivity index (χ2v) is 5.14. The molecule has 136 valence electrons. The van der Waals surface area contributed by atoms with Crippen molar-refractivity contribution in [1.29, 1.82) is 0 Å². The topological polar surface area (TPSA) is 117 Å². The highest BCUT2D eigenvalue weighted by Gasteiger charge is 2.13. The number of carbonyl (C=O) groups excluding carboxylic acids is 3. The lowest BCUT2D eigenvalue weighted by Crippen LogP contribution is -2.20. The number of nitrogens with one attached hydrogen (secondary N) is 1. The molecular formula is C18H18N2O6. The average Bonchev–Trinajstić information content (AvgIpc) is 2.66. The number of benzene rings is 2. The lowest BCUT2D eigenvalue weighted by molar-refractivity contribution is -0.119. The predicted octanol–water partition coefficient (Wildman–Crippen LogP) is 1.60. The first-order valence-corrected chi connectivity index (χ1v) is 7.53. The van der Waals surface area contributed by atoms with Gasteiger partial charge in [0.2, 0.25) is 0 Å². The van der Waals surface area contributed by atoms with E-state index < -0.39 is 11.9 Å². The van der Waals surface area contributed by atoms with E-state index in [-0.39, 0.29) is 12.5 Å². The number of hydrogen-bond acceptors (Lipinski definition) is 6. The van der Waals surface area contributed by atoms with Crippen LogP contribution in [0.5, 0.6) is 11.5 Å². The molecule has 2 aromatic carbocycles. The molecule has 0 aromatic heterocycles. The van der Waals surface area contributed by atoms with E-state index in [0.717, 1.165) is 0 Å². The van der Waals surface area contributed by atoms with Crippen LogP contribution in [-0.2, 0) is 9.53 Å². The third kappa shape index (κ3) is 4.73. The molecule has 26 heavy (non-hydrogen) atoms. The first-order valence-electron chi connectivity index (χ1n) is 7.53. The zero-order chi connectivity index (χ0) is 19.1. The van der Waals surface area contributed by atoms with E-state index in [4.69, 9.17) is 15.2 Å². The minimum absolute atomic E-state index is 0.292. The summed E-state index contributed by atoms with van der Waals surface area (Å²) >= 11 is 0. The van der Waals surface area contributed by atoms with Crippen molar-refractivity contribution in [3.05, 3.63) is 53.6 Å². The Morgan fingerprint density at radius 3 is 2.19 bits per heavy atom. The molecule has 0 aliphatic heterocycles. The van der Waals surface area contributed by atoms with Gasteiger partial charge in [-0.25, -0.2) is 4.79 Å². The number of carbonyl (C=O) groups is 3. The molecule has 0 radical (unpaired) electrons. The first-order chi connectivity index (χ1) is 12.4. The van der Waals surface area contributed by atoms with Crippen molar-refractivity contribution in [3.63, 3.8) is 0 Å². The van der Waals surface area contributed by atoms with Crippen molar-refractivity contribution in [1.82, 2.24) is 0 Å². The number of hydrogen-bond donors (Lipinski definition) is 2. The standard InChI is InChI=1S/C18H18N2O6/c1-24-15-9-12(5-8-14(15)26-10-16(19)21)17(22)20-13-6-3-11(4-7-13)18(23)25-2/h3-9H,10H2,1-2H3,(H2,19,21)(H,20,22). The van der Waals surface area contributed by atoms with E-state index >= 15 is 0 Å². The average molecular weight is 358 g/mol. The maximum atomic E-state index is 12.4. The van der Waals surface area contributed by atoms with Crippen LogP contribution in [0.25, 0.3) is 0 Å². The monoisotopic (exact) mass is 358 g/mol. The van der Waals surface area contributed by atoms with Gasteiger partial charge in [-0.1, -0.05) is 0 Å². The fourth-order valence-corrected chi connectivity index (χ4v) is 2.09. The third-order valence-electron chi connectivity index (χ3n) is 3.36. The Kier molecular flexibility index (Phi) is 6.15. The molecule has 8 nitrogen and oxygen atoms in total. The highest BCUT2D eigenvalue weighted by Crippen LogP contribution is 2.28. The Hall–Kier alpha value is -3.55. The fourth-order valence-electron chi connectivity index (χ4n) is 2.09. The van der Waals surface area contributed by atoms with Crippen LogP contribution >= 0.6 is 0 Å². The van der Waals surface area contributed by atoms with Crippen LogP contribution in [0.15, 0.2) is 42.5 Å². The fraction of sp³-hybridized carbons (Fsp3) is 0.167. The van der Waals surface area contributed by atoms with Crippen LogP contribution in [0.2, 0.25) is 0 Å². The number of esters is 1. The van der Waals surface area contributed by atoms with E-state index in [1.807, 2.05) is 0 Å². The van der Waals surface area contributed by atoms with Crippen molar-refractivity contribution in [2.24, 2.45) is 5.73 Å². The highest BCUT2D eigenvalue weighted by atomic mass is 16.5. The van der Waals surface area contributed by atoms with Gasteiger partial charge in [0.05, 0.1) is 19.8 Å². The van der Waals surface area contributed by atoms with Gasteiger partial charge in [0.25, 0.3) is 11.8 Å². The minimum atomic E-state index is -0.621. The van der Waals surface area contributed by atoms with Gasteiger partial charge in [-0.05, 0) is 42.5 Å². The van der Waals surface area contributed by atoms with Crippen molar-refractivity contribution in [3.8, 4) is 11.5 Å². The third-order valence-corrected chi connectivity index (χ3v) is 3.36. The smallest absolute Gasteiger partial charge is 0.337 e. The van der Waals surface area contributed by atoms with Gasteiger partial charge in [0.15, 0.2) is 18.1 Å². The molecule has 0 saturated heterocycles. The Bertz CT molecular complexity index is 817. The van der Waals surface area contributed by atoms with E-state index in [1.54, 1.807) is 24.3 Å². The number of nitrogens with two attached hydrogens (primary N) is 1. The molecule has 0 fully saturated rings. The summed E-state index contributed by atoms with van der Waals surface area (Å²) in [5.41, 5.74) is 6.25.